The van der Waals surface area contributed by atoms with Crippen molar-refractivity contribution in [3.05, 3.63) is 12.2 Å². The highest BCUT2D eigenvalue weighted by Gasteiger charge is 2.47. The van der Waals surface area contributed by atoms with E-state index in [1.54, 1.807) is 6.08 Å². The molecule has 1 rings (SSSR count). The van der Waals surface area contributed by atoms with Crippen molar-refractivity contribution in [1.29, 1.82) is 0 Å². The minimum atomic E-state index is -1.61. The third-order valence-corrected chi connectivity index (χ3v) is 16.4. The fourth-order valence-corrected chi connectivity index (χ4v) is 11.1. The SMILES string of the molecule is CCCCCCCCCCC/C=C/C(O)C(COC1OC(CO)C(O)C(O)C1OC(=O)CCCCCCCCCCCCCCCCCCCCCCCCCCC)NC(=O)C(O)CCCCCCCCCCCCCCC. The van der Waals surface area contributed by atoms with Gasteiger partial charge in [0, 0.05) is 6.42 Å². The molecule has 1 fully saturated rings. The molecule has 1 heterocycles. The molecule has 1 amide bonds. The molecule has 0 aromatic rings. The molecule has 8 unspecified atom stereocenters. The maximum absolute atomic E-state index is 13.4. The number of aliphatic hydroxyl groups is 5. The van der Waals surface area contributed by atoms with Crippen LogP contribution in [0, 0.1) is 0 Å². The largest absolute Gasteiger partial charge is 0.454 e. The van der Waals surface area contributed by atoms with Gasteiger partial charge in [0.1, 0.15) is 24.4 Å². The van der Waals surface area contributed by atoms with Gasteiger partial charge in [0.15, 0.2) is 12.4 Å². The van der Waals surface area contributed by atoms with Crippen molar-refractivity contribution in [2.24, 2.45) is 0 Å². The third kappa shape index (κ3) is 43.1. The van der Waals surface area contributed by atoms with E-state index < -0.39 is 67.4 Å². The van der Waals surface area contributed by atoms with Crippen LogP contribution in [-0.4, -0.2) is 99.6 Å². The standard InChI is InChI=1S/C67H129NO10/c1-4-7-10-13-16-19-22-24-25-26-27-28-29-30-31-32-33-34-35-37-40-43-46-49-52-55-62(72)78-65-64(74)63(73)61(56-69)77-67(65)76-57-58(59(70)53-50-47-44-41-38-21-18-15-12-9-6-3)68-66(75)60(71)54-51-48-45-42-39-36-23-20-17-14-11-8-5-2/h50,53,58-61,63-65,67,69-71,73-74H,4-49,51-52,54-57H2,1-3H3,(H,68,75)/b53-50+. The summed E-state index contributed by atoms with van der Waals surface area (Å²) in [4.78, 5) is 26.6. The molecule has 78 heavy (non-hydrogen) atoms. The number of allylic oxidation sites excluding steroid dienone is 1. The summed E-state index contributed by atoms with van der Waals surface area (Å²) in [6, 6.07) is -1.02. The van der Waals surface area contributed by atoms with Crippen molar-refractivity contribution < 1.29 is 49.3 Å². The zero-order valence-corrected chi connectivity index (χ0v) is 51.3. The number of hydrogen-bond acceptors (Lipinski definition) is 10. The first-order valence-corrected chi connectivity index (χ1v) is 34.0. The maximum Gasteiger partial charge on any atom is 0.306 e. The Morgan fingerprint density at radius 2 is 0.833 bits per heavy atom. The summed E-state index contributed by atoms with van der Waals surface area (Å²) in [5, 5.41) is 57.0. The number of nitrogens with one attached hydrogen (secondary N) is 1. The van der Waals surface area contributed by atoms with E-state index in [1.165, 1.54) is 238 Å². The first-order chi connectivity index (χ1) is 38.2. The molecule has 0 spiro atoms. The molecule has 0 aliphatic carbocycles. The van der Waals surface area contributed by atoms with Gasteiger partial charge < -0.3 is 45.1 Å². The molecular formula is C67H129NO10. The average Bonchev–Trinajstić information content (AvgIpc) is 3.46. The van der Waals surface area contributed by atoms with Gasteiger partial charge in [-0.1, -0.05) is 322 Å². The second kappa shape index (κ2) is 55.9. The van der Waals surface area contributed by atoms with Gasteiger partial charge in [0.05, 0.1) is 25.4 Å². The maximum atomic E-state index is 13.4. The molecule has 1 aliphatic heterocycles. The Bertz CT molecular complexity index is 1320. The molecule has 8 atom stereocenters. The molecule has 0 saturated carbocycles. The van der Waals surface area contributed by atoms with Crippen LogP contribution in [0.5, 0.6) is 0 Å². The monoisotopic (exact) mass is 1110 g/mol. The van der Waals surface area contributed by atoms with Crippen LogP contribution >= 0.6 is 0 Å². The molecule has 11 nitrogen and oxygen atoms in total. The Morgan fingerprint density at radius 1 is 0.487 bits per heavy atom. The summed E-state index contributed by atoms with van der Waals surface area (Å²) in [5.41, 5.74) is 0. The van der Waals surface area contributed by atoms with E-state index >= 15 is 0 Å². The van der Waals surface area contributed by atoms with Crippen molar-refractivity contribution in [2.75, 3.05) is 13.2 Å². The van der Waals surface area contributed by atoms with Crippen LogP contribution < -0.4 is 5.32 Å². The van der Waals surface area contributed by atoms with Gasteiger partial charge in [-0.05, 0) is 25.7 Å². The summed E-state index contributed by atoms with van der Waals surface area (Å²) in [6.07, 6.45) is 54.1. The van der Waals surface area contributed by atoms with E-state index in [9.17, 15) is 35.1 Å². The predicted molar refractivity (Wildman–Crippen MR) is 325 cm³/mol. The number of ether oxygens (including phenoxy) is 3. The van der Waals surface area contributed by atoms with E-state index in [-0.39, 0.29) is 13.0 Å². The van der Waals surface area contributed by atoms with Gasteiger partial charge in [-0.15, -0.1) is 0 Å². The Labute approximate surface area is 480 Å². The fourth-order valence-electron chi connectivity index (χ4n) is 11.1. The van der Waals surface area contributed by atoms with Gasteiger partial charge >= 0.3 is 5.97 Å². The number of unbranched alkanes of at least 4 members (excludes halogenated alkanes) is 45. The van der Waals surface area contributed by atoms with Crippen molar-refractivity contribution in [3.63, 3.8) is 0 Å². The Morgan fingerprint density at radius 3 is 1.21 bits per heavy atom. The van der Waals surface area contributed by atoms with Crippen LogP contribution in [0.2, 0.25) is 0 Å². The van der Waals surface area contributed by atoms with Gasteiger partial charge in [-0.25, -0.2) is 0 Å². The van der Waals surface area contributed by atoms with E-state index in [0.29, 0.717) is 19.3 Å². The van der Waals surface area contributed by atoms with Gasteiger partial charge in [-0.3, -0.25) is 9.59 Å². The van der Waals surface area contributed by atoms with Crippen LogP contribution in [0.25, 0.3) is 0 Å². The Hall–Kier alpha value is -1.60. The summed E-state index contributed by atoms with van der Waals surface area (Å²) >= 11 is 0. The second-order valence-electron chi connectivity index (χ2n) is 23.9. The normalized spacial score (nSPS) is 18.9. The lowest BCUT2D eigenvalue weighted by atomic mass is 9.99. The van der Waals surface area contributed by atoms with Crippen LogP contribution in [0.3, 0.4) is 0 Å². The quantitative estimate of drug-likeness (QED) is 0.0195. The zero-order chi connectivity index (χ0) is 56.8. The minimum Gasteiger partial charge on any atom is -0.454 e. The number of carbonyl (C=O) groups is 2. The first kappa shape index (κ1) is 74.4. The highest BCUT2D eigenvalue weighted by Crippen LogP contribution is 2.26. The predicted octanol–water partition coefficient (Wildman–Crippen LogP) is 16.7. The molecule has 462 valence electrons. The number of aliphatic hydroxyl groups excluding tert-OH is 5. The van der Waals surface area contributed by atoms with Crippen LogP contribution in [0.15, 0.2) is 12.2 Å². The van der Waals surface area contributed by atoms with Crippen LogP contribution in [0.1, 0.15) is 342 Å². The summed E-state index contributed by atoms with van der Waals surface area (Å²) in [7, 11) is 0. The number of hydrogen-bond donors (Lipinski definition) is 6. The van der Waals surface area contributed by atoms with E-state index in [4.69, 9.17) is 14.2 Å². The number of rotatable bonds is 59. The molecule has 0 bridgehead atoms. The summed E-state index contributed by atoms with van der Waals surface area (Å²) in [5.74, 6) is -1.17. The van der Waals surface area contributed by atoms with E-state index in [1.807, 2.05) is 6.08 Å². The lowest BCUT2D eigenvalue weighted by Crippen LogP contribution is -2.61. The zero-order valence-electron chi connectivity index (χ0n) is 51.3. The number of carbonyl (C=O) groups excluding carboxylic acids is 2. The fraction of sp³-hybridized carbons (Fsp3) is 0.940. The summed E-state index contributed by atoms with van der Waals surface area (Å²) in [6.45, 7) is 5.83. The topological polar surface area (TPSA) is 175 Å². The van der Waals surface area contributed by atoms with E-state index in [0.717, 1.165) is 57.8 Å². The van der Waals surface area contributed by atoms with Gasteiger partial charge in [-0.2, -0.15) is 0 Å². The van der Waals surface area contributed by atoms with E-state index in [2.05, 4.69) is 26.1 Å². The molecule has 1 saturated heterocycles. The van der Waals surface area contributed by atoms with Gasteiger partial charge in [0.2, 0.25) is 5.91 Å². The average molecular weight is 1110 g/mol. The molecule has 1 aliphatic rings. The van der Waals surface area contributed by atoms with Crippen molar-refractivity contribution >= 4 is 11.9 Å². The number of esters is 1. The lowest BCUT2D eigenvalue weighted by Gasteiger charge is -2.41. The molecular weight excluding hydrogens is 979 g/mol. The molecule has 0 aromatic carbocycles. The lowest BCUT2D eigenvalue weighted by molar-refractivity contribution is -0.305. The van der Waals surface area contributed by atoms with Crippen molar-refractivity contribution in [1.82, 2.24) is 5.32 Å². The third-order valence-electron chi connectivity index (χ3n) is 16.4. The molecule has 6 N–H and O–H groups in total. The molecule has 11 heteroatoms. The second-order valence-corrected chi connectivity index (χ2v) is 23.9. The highest BCUT2D eigenvalue weighted by molar-refractivity contribution is 5.80. The van der Waals surface area contributed by atoms with Crippen molar-refractivity contribution in [2.45, 2.75) is 391 Å². The highest BCUT2D eigenvalue weighted by atomic mass is 16.7. The smallest absolute Gasteiger partial charge is 0.306 e. The minimum absolute atomic E-state index is 0.132. The Balaban J connectivity index is 2.52. The van der Waals surface area contributed by atoms with Gasteiger partial charge in [0.25, 0.3) is 0 Å². The van der Waals surface area contributed by atoms with Crippen molar-refractivity contribution in [3.8, 4) is 0 Å². The first-order valence-electron chi connectivity index (χ1n) is 34.0. The molecule has 0 aromatic heterocycles. The Kier molecular flexibility index (Phi) is 53.3. The number of amides is 1. The van der Waals surface area contributed by atoms with Crippen LogP contribution in [0.4, 0.5) is 0 Å². The summed E-state index contributed by atoms with van der Waals surface area (Å²) < 4.78 is 17.7. The van der Waals surface area contributed by atoms with Crippen LogP contribution in [-0.2, 0) is 23.8 Å². The molecule has 0 radical (unpaired) electrons.